The number of nitrogens with zero attached hydrogens (tertiary/aromatic N) is 2. The second-order valence-corrected chi connectivity index (χ2v) is 3.89. The SMILES string of the molecule is CN(CCC(=O)O)Cc1cccc([N+](=O)[O-])c1F. The summed E-state index contributed by atoms with van der Waals surface area (Å²) in [5, 5.41) is 19.1. The second-order valence-electron chi connectivity index (χ2n) is 3.89. The van der Waals surface area contributed by atoms with Crippen molar-refractivity contribution in [3.05, 3.63) is 39.7 Å². The highest BCUT2D eigenvalue weighted by Crippen LogP contribution is 2.21. The van der Waals surface area contributed by atoms with Gasteiger partial charge in [-0.1, -0.05) is 12.1 Å². The molecule has 0 saturated heterocycles. The zero-order chi connectivity index (χ0) is 13.7. The van der Waals surface area contributed by atoms with Crippen molar-refractivity contribution in [3.63, 3.8) is 0 Å². The lowest BCUT2D eigenvalue weighted by molar-refractivity contribution is -0.387. The zero-order valence-electron chi connectivity index (χ0n) is 9.80. The Kier molecular flexibility index (Phi) is 4.73. The van der Waals surface area contributed by atoms with Gasteiger partial charge in [0.1, 0.15) is 0 Å². The van der Waals surface area contributed by atoms with Crippen LogP contribution >= 0.6 is 0 Å². The highest BCUT2D eigenvalue weighted by Gasteiger charge is 2.17. The van der Waals surface area contributed by atoms with Gasteiger partial charge in [0, 0.05) is 24.7 Å². The summed E-state index contributed by atoms with van der Waals surface area (Å²) in [6.07, 6.45) is -0.0625. The number of halogens is 1. The number of aliphatic carboxylic acids is 1. The van der Waals surface area contributed by atoms with Crippen molar-refractivity contribution in [1.82, 2.24) is 4.90 Å². The molecule has 0 aliphatic heterocycles. The number of benzene rings is 1. The first kappa shape index (κ1) is 14.0. The van der Waals surface area contributed by atoms with Crippen LogP contribution in [0.5, 0.6) is 0 Å². The van der Waals surface area contributed by atoms with Crippen LogP contribution in [0, 0.1) is 15.9 Å². The van der Waals surface area contributed by atoms with Gasteiger partial charge in [-0.05, 0) is 7.05 Å². The molecule has 0 bridgehead atoms. The quantitative estimate of drug-likeness (QED) is 0.618. The number of hydrogen-bond donors (Lipinski definition) is 1. The molecule has 98 valence electrons. The maximum atomic E-state index is 13.7. The molecule has 1 aromatic rings. The first-order valence-corrected chi connectivity index (χ1v) is 5.24. The molecule has 0 spiro atoms. The molecule has 0 aliphatic carbocycles. The Balaban J connectivity index is 2.75. The van der Waals surface area contributed by atoms with Crippen LogP contribution in [-0.2, 0) is 11.3 Å². The lowest BCUT2D eigenvalue weighted by atomic mass is 10.1. The molecule has 7 heteroatoms. The topological polar surface area (TPSA) is 83.7 Å². The van der Waals surface area contributed by atoms with Crippen molar-refractivity contribution in [2.45, 2.75) is 13.0 Å². The summed E-state index contributed by atoms with van der Waals surface area (Å²) < 4.78 is 13.7. The van der Waals surface area contributed by atoms with Crippen molar-refractivity contribution in [3.8, 4) is 0 Å². The summed E-state index contributed by atoms with van der Waals surface area (Å²) in [5.41, 5.74) is -0.392. The minimum absolute atomic E-state index is 0.0625. The molecule has 0 aromatic heterocycles. The zero-order valence-corrected chi connectivity index (χ0v) is 9.80. The molecule has 1 rings (SSSR count). The Bertz CT molecular complexity index is 464. The van der Waals surface area contributed by atoms with Crippen molar-refractivity contribution in [2.24, 2.45) is 0 Å². The number of nitro benzene ring substituents is 1. The van der Waals surface area contributed by atoms with Crippen LogP contribution in [0.15, 0.2) is 18.2 Å². The number of carboxylic acids is 1. The number of nitro groups is 1. The van der Waals surface area contributed by atoms with E-state index in [0.29, 0.717) is 0 Å². The van der Waals surface area contributed by atoms with E-state index in [0.717, 1.165) is 6.07 Å². The third-order valence-corrected chi connectivity index (χ3v) is 2.40. The Hall–Kier alpha value is -2.02. The van der Waals surface area contributed by atoms with Crippen molar-refractivity contribution >= 4 is 11.7 Å². The van der Waals surface area contributed by atoms with Gasteiger partial charge in [-0.2, -0.15) is 4.39 Å². The van der Waals surface area contributed by atoms with E-state index in [1.165, 1.54) is 12.1 Å². The molecule has 0 saturated carbocycles. The van der Waals surface area contributed by atoms with E-state index in [4.69, 9.17) is 5.11 Å². The Morgan fingerprint density at radius 1 is 1.56 bits per heavy atom. The lowest BCUT2D eigenvalue weighted by Gasteiger charge is -2.15. The van der Waals surface area contributed by atoms with Crippen molar-refractivity contribution < 1.29 is 19.2 Å². The van der Waals surface area contributed by atoms with Crippen molar-refractivity contribution in [2.75, 3.05) is 13.6 Å². The van der Waals surface area contributed by atoms with E-state index in [-0.39, 0.29) is 25.1 Å². The molecule has 1 aromatic carbocycles. The van der Waals surface area contributed by atoms with Gasteiger partial charge in [-0.15, -0.1) is 0 Å². The summed E-state index contributed by atoms with van der Waals surface area (Å²) in [7, 11) is 1.63. The molecule has 0 radical (unpaired) electrons. The minimum Gasteiger partial charge on any atom is -0.481 e. The van der Waals surface area contributed by atoms with Gasteiger partial charge in [0.25, 0.3) is 0 Å². The maximum Gasteiger partial charge on any atom is 0.305 e. The molecule has 0 atom stereocenters. The van der Waals surface area contributed by atoms with Gasteiger partial charge in [0.2, 0.25) is 5.82 Å². The minimum atomic E-state index is -0.943. The first-order valence-electron chi connectivity index (χ1n) is 5.24. The molecular formula is C11H13FN2O4. The molecule has 0 unspecified atom stereocenters. The van der Waals surface area contributed by atoms with Crippen molar-refractivity contribution in [1.29, 1.82) is 0 Å². The Morgan fingerprint density at radius 3 is 2.78 bits per heavy atom. The third kappa shape index (κ3) is 3.77. The third-order valence-electron chi connectivity index (χ3n) is 2.40. The lowest BCUT2D eigenvalue weighted by Crippen LogP contribution is -2.22. The average Bonchev–Trinajstić information content (AvgIpc) is 2.29. The average molecular weight is 256 g/mol. The van der Waals surface area contributed by atoms with Crippen LogP contribution in [0.2, 0.25) is 0 Å². The predicted octanol–water partition coefficient (Wildman–Crippen LogP) is 1.64. The van der Waals surface area contributed by atoms with Gasteiger partial charge >= 0.3 is 11.7 Å². The Morgan fingerprint density at radius 2 is 2.22 bits per heavy atom. The molecular weight excluding hydrogens is 243 g/mol. The summed E-state index contributed by atoms with van der Waals surface area (Å²) >= 11 is 0. The number of carbonyl (C=O) groups is 1. The van der Waals surface area contributed by atoms with Gasteiger partial charge in [0.05, 0.1) is 11.3 Å². The van der Waals surface area contributed by atoms with Crippen LogP contribution in [0.25, 0.3) is 0 Å². The number of carboxylic acid groups (broad SMARTS) is 1. The van der Waals surface area contributed by atoms with Gasteiger partial charge in [-0.3, -0.25) is 14.9 Å². The fourth-order valence-corrected chi connectivity index (χ4v) is 1.49. The van der Waals surface area contributed by atoms with E-state index >= 15 is 0 Å². The summed E-state index contributed by atoms with van der Waals surface area (Å²) in [6.45, 7) is 0.373. The van der Waals surface area contributed by atoms with Gasteiger partial charge in [-0.25, -0.2) is 0 Å². The molecule has 0 amide bonds. The molecule has 1 N–H and O–H groups in total. The predicted molar refractivity (Wildman–Crippen MR) is 61.6 cm³/mol. The maximum absolute atomic E-state index is 13.7. The van der Waals surface area contributed by atoms with E-state index in [1.54, 1.807) is 11.9 Å². The molecule has 18 heavy (non-hydrogen) atoms. The summed E-state index contributed by atoms with van der Waals surface area (Å²) in [4.78, 5) is 21.7. The summed E-state index contributed by atoms with van der Waals surface area (Å²) in [6, 6.07) is 3.94. The number of rotatable bonds is 6. The fourth-order valence-electron chi connectivity index (χ4n) is 1.49. The van der Waals surface area contributed by atoms with Crippen LogP contribution in [0.1, 0.15) is 12.0 Å². The Labute approximate surface area is 103 Å². The normalized spacial score (nSPS) is 10.6. The molecule has 0 fully saturated rings. The van der Waals surface area contributed by atoms with Crippen LogP contribution in [-0.4, -0.2) is 34.5 Å². The smallest absolute Gasteiger partial charge is 0.305 e. The van der Waals surface area contributed by atoms with E-state index in [9.17, 15) is 19.3 Å². The van der Waals surface area contributed by atoms with E-state index in [1.807, 2.05) is 0 Å². The standard InChI is InChI=1S/C11H13FN2O4/c1-13(6-5-10(15)16)7-8-3-2-4-9(11(8)12)14(17)18/h2-4H,5-7H2,1H3,(H,15,16). The first-order chi connectivity index (χ1) is 8.41. The molecule has 0 heterocycles. The van der Waals surface area contributed by atoms with Crippen LogP contribution < -0.4 is 0 Å². The van der Waals surface area contributed by atoms with Gasteiger partial charge in [0.15, 0.2) is 0 Å². The van der Waals surface area contributed by atoms with Crippen LogP contribution in [0.4, 0.5) is 10.1 Å². The van der Waals surface area contributed by atoms with Crippen LogP contribution in [0.3, 0.4) is 0 Å². The molecule has 6 nitrogen and oxygen atoms in total. The highest BCUT2D eigenvalue weighted by atomic mass is 19.1. The summed E-state index contributed by atoms with van der Waals surface area (Å²) in [5.74, 6) is -1.81. The van der Waals surface area contributed by atoms with Gasteiger partial charge < -0.3 is 10.0 Å². The number of hydrogen-bond acceptors (Lipinski definition) is 4. The fraction of sp³-hybridized carbons (Fsp3) is 0.364. The largest absolute Gasteiger partial charge is 0.481 e. The van der Waals surface area contributed by atoms with E-state index < -0.39 is 22.4 Å². The second kappa shape index (κ2) is 6.06. The molecule has 0 aliphatic rings. The van der Waals surface area contributed by atoms with E-state index in [2.05, 4.69) is 0 Å². The highest BCUT2D eigenvalue weighted by molar-refractivity contribution is 5.66. The monoisotopic (exact) mass is 256 g/mol.